The first-order valence-corrected chi connectivity index (χ1v) is 5.13. The highest BCUT2D eigenvalue weighted by molar-refractivity contribution is 6.30. The van der Waals surface area contributed by atoms with Crippen LogP contribution in [0.5, 0.6) is 0 Å². The van der Waals surface area contributed by atoms with E-state index in [0.29, 0.717) is 0 Å². The topological polar surface area (TPSA) is 26.0 Å². The molecule has 0 fully saturated rings. The second-order valence-corrected chi connectivity index (χ2v) is 4.09. The van der Waals surface area contributed by atoms with Gasteiger partial charge >= 0.3 is 0 Å². The molecule has 0 aliphatic rings. The molecule has 1 unspecified atom stereocenters. The maximum atomic E-state index is 6.01. The number of rotatable bonds is 4. The van der Waals surface area contributed by atoms with Crippen molar-refractivity contribution in [1.29, 1.82) is 0 Å². The SMILES string of the molecule is C=C(C)CCC(N)c1ccc(Cl)cc1. The Morgan fingerprint density at radius 1 is 1.43 bits per heavy atom. The maximum Gasteiger partial charge on any atom is 0.0406 e. The lowest BCUT2D eigenvalue weighted by Crippen LogP contribution is -2.09. The van der Waals surface area contributed by atoms with Crippen LogP contribution in [-0.4, -0.2) is 0 Å². The van der Waals surface area contributed by atoms with Crippen molar-refractivity contribution >= 4 is 11.6 Å². The Kier molecular flexibility index (Phi) is 4.18. The van der Waals surface area contributed by atoms with Crippen molar-refractivity contribution in [2.75, 3.05) is 0 Å². The summed E-state index contributed by atoms with van der Waals surface area (Å²) < 4.78 is 0. The maximum absolute atomic E-state index is 6.01. The van der Waals surface area contributed by atoms with Gasteiger partial charge in [0.1, 0.15) is 0 Å². The summed E-state index contributed by atoms with van der Waals surface area (Å²) in [5.41, 5.74) is 8.32. The smallest absolute Gasteiger partial charge is 0.0406 e. The summed E-state index contributed by atoms with van der Waals surface area (Å²) >= 11 is 5.79. The summed E-state index contributed by atoms with van der Waals surface area (Å²) in [4.78, 5) is 0. The molecule has 1 aromatic carbocycles. The second kappa shape index (κ2) is 5.18. The van der Waals surface area contributed by atoms with Gasteiger partial charge in [-0.15, -0.1) is 6.58 Å². The van der Waals surface area contributed by atoms with Gasteiger partial charge in [0.15, 0.2) is 0 Å². The van der Waals surface area contributed by atoms with Gasteiger partial charge in [0.2, 0.25) is 0 Å². The second-order valence-electron chi connectivity index (χ2n) is 3.65. The first kappa shape index (κ1) is 11.3. The fraction of sp³-hybridized carbons (Fsp3) is 0.333. The van der Waals surface area contributed by atoms with Gasteiger partial charge in [0, 0.05) is 11.1 Å². The molecule has 0 aromatic heterocycles. The lowest BCUT2D eigenvalue weighted by atomic mass is 10.0. The van der Waals surface area contributed by atoms with E-state index < -0.39 is 0 Å². The van der Waals surface area contributed by atoms with Crippen molar-refractivity contribution in [2.45, 2.75) is 25.8 Å². The predicted molar refractivity (Wildman–Crippen MR) is 62.4 cm³/mol. The van der Waals surface area contributed by atoms with Crippen LogP contribution in [-0.2, 0) is 0 Å². The van der Waals surface area contributed by atoms with Crippen LogP contribution in [0, 0.1) is 0 Å². The third-order valence-electron chi connectivity index (χ3n) is 2.18. The van der Waals surface area contributed by atoms with E-state index in [9.17, 15) is 0 Å². The number of allylic oxidation sites excluding steroid dienone is 1. The monoisotopic (exact) mass is 209 g/mol. The number of hydrogen-bond acceptors (Lipinski definition) is 1. The Bertz CT molecular complexity index is 303. The minimum Gasteiger partial charge on any atom is -0.324 e. The molecule has 14 heavy (non-hydrogen) atoms. The average Bonchev–Trinajstić information content (AvgIpc) is 2.15. The molecule has 0 aliphatic carbocycles. The summed E-state index contributed by atoms with van der Waals surface area (Å²) in [5.74, 6) is 0. The number of nitrogens with two attached hydrogens (primary N) is 1. The van der Waals surface area contributed by atoms with Crippen LogP contribution in [0.4, 0.5) is 0 Å². The molecule has 0 radical (unpaired) electrons. The van der Waals surface area contributed by atoms with Crippen LogP contribution in [0.25, 0.3) is 0 Å². The largest absolute Gasteiger partial charge is 0.324 e. The van der Waals surface area contributed by atoms with E-state index in [-0.39, 0.29) is 6.04 Å². The summed E-state index contributed by atoms with van der Waals surface area (Å²) in [6, 6.07) is 7.79. The van der Waals surface area contributed by atoms with E-state index in [1.807, 2.05) is 31.2 Å². The van der Waals surface area contributed by atoms with E-state index >= 15 is 0 Å². The van der Waals surface area contributed by atoms with Gasteiger partial charge in [-0.25, -0.2) is 0 Å². The Morgan fingerprint density at radius 3 is 2.50 bits per heavy atom. The molecule has 0 heterocycles. The molecule has 0 aliphatic heterocycles. The summed E-state index contributed by atoms with van der Waals surface area (Å²) in [5, 5.41) is 0.751. The molecule has 0 saturated heterocycles. The van der Waals surface area contributed by atoms with Gasteiger partial charge in [0.25, 0.3) is 0 Å². The Balaban J connectivity index is 2.56. The van der Waals surface area contributed by atoms with Crippen LogP contribution in [0.2, 0.25) is 5.02 Å². The van der Waals surface area contributed by atoms with Crippen LogP contribution in [0.3, 0.4) is 0 Å². The predicted octanol–water partition coefficient (Wildman–Crippen LogP) is 3.70. The molecule has 1 atom stereocenters. The van der Waals surface area contributed by atoms with E-state index in [0.717, 1.165) is 23.4 Å². The molecular formula is C12H16ClN. The van der Waals surface area contributed by atoms with Gasteiger partial charge < -0.3 is 5.73 Å². The van der Waals surface area contributed by atoms with Crippen molar-refractivity contribution in [3.8, 4) is 0 Å². The van der Waals surface area contributed by atoms with Crippen LogP contribution in [0.15, 0.2) is 36.4 Å². The van der Waals surface area contributed by atoms with E-state index in [1.54, 1.807) is 0 Å². The van der Waals surface area contributed by atoms with Crippen molar-refractivity contribution in [2.24, 2.45) is 5.73 Å². The van der Waals surface area contributed by atoms with Gasteiger partial charge in [-0.1, -0.05) is 29.3 Å². The number of benzene rings is 1. The number of hydrogen-bond donors (Lipinski definition) is 1. The first-order valence-electron chi connectivity index (χ1n) is 4.75. The lowest BCUT2D eigenvalue weighted by Gasteiger charge is -2.11. The highest BCUT2D eigenvalue weighted by Crippen LogP contribution is 2.19. The normalized spacial score (nSPS) is 12.5. The molecule has 76 valence electrons. The zero-order valence-corrected chi connectivity index (χ0v) is 9.22. The molecule has 0 saturated carbocycles. The molecule has 1 nitrogen and oxygen atoms in total. The molecule has 0 bridgehead atoms. The minimum absolute atomic E-state index is 0.0870. The van der Waals surface area contributed by atoms with Gasteiger partial charge in [-0.3, -0.25) is 0 Å². The van der Waals surface area contributed by atoms with Crippen LogP contribution < -0.4 is 5.73 Å². The summed E-state index contributed by atoms with van der Waals surface area (Å²) in [6.07, 6.45) is 1.92. The Morgan fingerprint density at radius 2 is 2.00 bits per heavy atom. The van der Waals surface area contributed by atoms with E-state index in [1.165, 1.54) is 5.57 Å². The highest BCUT2D eigenvalue weighted by Gasteiger charge is 2.04. The molecule has 2 N–H and O–H groups in total. The quantitative estimate of drug-likeness (QED) is 0.752. The molecule has 0 spiro atoms. The fourth-order valence-corrected chi connectivity index (χ4v) is 1.40. The van der Waals surface area contributed by atoms with E-state index in [2.05, 4.69) is 6.58 Å². The van der Waals surface area contributed by atoms with Crippen molar-refractivity contribution in [3.05, 3.63) is 47.0 Å². The van der Waals surface area contributed by atoms with Crippen molar-refractivity contribution in [1.82, 2.24) is 0 Å². The standard InChI is InChI=1S/C12H16ClN/c1-9(2)3-8-12(14)10-4-6-11(13)7-5-10/h4-7,12H,1,3,8,14H2,2H3. The van der Waals surface area contributed by atoms with Gasteiger partial charge in [0.05, 0.1) is 0 Å². The van der Waals surface area contributed by atoms with Crippen molar-refractivity contribution in [3.63, 3.8) is 0 Å². The average molecular weight is 210 g/mol. The van der Waals surface area contributed by atoms with Gasteiger partial charge in [-0.05, 0) is 37.5 Å². The summed E-state index contributed by atoms with van der Waals surface area (Å²) in [7, 11) is 0. The minimum atomic E-state index is 0.0870. The first-order chi connectivity index (χ1) is 6.59. The molecule has 0 amide bonds. The van der Waals surface area contributed by atoms with Crippen LogP contribution >= 0.6 is 11.6 Å². The Labute approximate surface area is 90.6 Å². The van der Waals surface area contributed by atoms with Crippen LogP contribution in [0.1, 0.15) is 31.4 Å². The van der Waals surface area contributed by atoms with Crippen molar-refractivity contribution < 1.29 is 0 Å². The third kappa shape index (κ3) is 3.52. The molecule has 2 heteroatoms. The summed E-state index contributed by atoms with van der Waals surface area (Å²) in [6.45, 7) is 5.88. The fourth-order valence-electron chi connectivity index (χ4n) is 1.28. The zero-order chi connectivity index (χ0) is 10.6. The molecule has 1 rings (SSSR count). The zero-order valence-electron chi connectivity index (χ0n) is 8.46. The molecular weight excluding hydrogens is 194 g/mol. The third-order valence-corrected chi connectivity index (χ3v) is 2.43. The Hall–Kier alpha value is -0.790. The molecule has 1 aromatic rings. The lowest BCUT2D eigenvalue weighted by molar-refractivity contribution is 0.649. The van der Waals surface area contributed by atoms with Gasteiger partial charge in [-0.2, -0.15) is 0 Å². The number of halogens is 1. The highest BCUT2D eigenvalue weighted by atomic mass is 35.5. The van der Waals surface area contributed by atoms with E-state index in [4.69, 9.17) is 17.3 Å².